The molecule has 2 aliphatic heterocycles. The van der Waals surface area contributed by atoms with Crippen LogP contribution in [0.5, 0.6) is 0 Å². The molecule has 31 heavy (non-hydrogen) atoms. The molecule has 6 nitrogen and oxygen atoms in total. The summed E-state index contributed by atoms with van der Waals surface area (Å²) in [6.45, 7) is 9.05. The Balaban J connectivity index is 1.57. The van der Waals surface area contributed by atoms with Crippen LogP contribution in [-0.2, 0) is 4.79 Å². The van der Waals surface area contributed by atoms with E-state index in [1.165, 1.54) is 12.8 Å². The molecule has 5 rings (SSSR count). The van der Waals surface area contributed by atoms with Gasteiger partial charge in [-0.2, -0.15) is 0 Å². The van der Waals surface area contributed by atoms with Gasteiger partial charge in [-0.3, -0.25) is 4.79 Å². The van der Waals surface area contributed by atoms with Crippen LogP contribution in [0.4, 0.5) is 17.2 Å². The molecule has 4 unspecified atom stereocenters. The third-order valence-electron chi connectivity index (χ3n) is 7.04. The van der Waals surface area contributed by atoms with Crippen LogP contribution >= 0.6 is 0 Å². The number of carbonyl (C=O) groups excluding carboxylic acids is 1. The van der Waals surface area contributed by atoms with Crippen molar-refractivity contribution in [3.05, 3.63) is 48.2 Å². The Bertz CT molecular complexity index is 944. The number of hydrogen-bond donors (Lipinski definition) is 2. The van der Waals surface area contributed by atoms with Crippen LogP contribution in [0.2, 0.25) is 0 Å². The lowest BCUT2D eigenvalue weighted by Gasteiger charge is -2.45. The van der Waals surface area contributed by atoms with Crippen molar-refractivity contribution in [2.75, 3.05) is 34.8 Å². The number of hydrogen-bond acceptors (Lipinski definition) is 5. The zero-order valence-electron chi connectivity index (χ0n) is 18.7. The molecule has 4 atom stereocenters. The molecule has 3 heterocycles. The smallest absolute Gasteiger partial charge is 0.224 e. The molecule has 1 aromatic carbocycles. The molecule has 2 aromatic rings. The van der Waals surface area contributed by atoms with Gasteiger partial charge in [-0.1, -0.05) is 25.1 Å². The summed E-state index contributed by atoms with van der Waals surface area (Å²) in [7, 11) is 0. The number of pyridine rings is 1. The van der Waals surface area contributed by atoms with E-state index < -0.39 is 0 Å². The maximum Gasteiger partial charge on any atom is 0.224 e. The van der Waals surface area contributed by atoms with Crippen LogP contribution in [0.15, 0.2) is 42.5 Å². The standard InChI is InChI=1S/C25H33N5O/c1-16-15-29(14-13-26-16)22-12-11-21-24(28-22)23(27-20-7-5-4-6-8-20)17(2)25(19-9-10-19)30(21)18(3)31/h4-8,11-12,16-17,19,23,25-27H,9-10,13-15H2,1-3H3. The van der Waals surface area contributed by atoms with Crippen molar-refractivity contribution in [1.82, 2.24) is 10.3 Å². The Hall–Kier alpha value is -2.60. The van der Waals surface area contributed by atoms with Gasteiger partial charge >= 0.3 is 0 Å². The van der Waals surface area contributed by atoms with Crippen LogP contribution in [0.1, 0.15) is 45.3 Å². The van der Waals surface area contributed by atoms with E-state index in [0.29, 0.717) is 12.0 Å². The Labute approximate surface area is 185 Å². The van der Waals surface area contributed by atoms with Crippen molar-refractivity contribution < 1.29 is 4.79 Å². The lowest BCUT2D eigenvalue weighted by atomic mass is 9.82. The summed E-state index contributed by atoms with van der Waals surface area (Å²) < 4.78 is 0. The van der Waals surface area contributed by atoms with Crippen molar-refractivity contribution in [2.45, 2.75) is 51.7 Å². The number of fused-ring (bicyclic) bond motifs is 1. The van der Waals surface area contributed by atoms with Gasteiger partial charge < -0.3 is 20.4 Å². The first-order valence-electron chi connectivity index (χ1n) is 11.6. The zero-order valence-corrected chi connectivity index (χ0v) is 18.7. The van der Waals surface area contributed by atoms with E-state index >= 15 is 0 Å². The molecule has 164 valence electrons. The van der Waals surface area contributed by atoms with E-state index in [0.717, 1.165) is 42.5 Å². The van der Waals surface area contributed by atoms with Crippen LogP contribution in [-0.4, -0.2) is 42.6 Å². The fourth-order valence-corrected chi connectivity index (χ4v) is 5.42. The molecule has 3 aliphatic rings. The van der Waals surface area contributed by atoms with E-state index in [2.05, 4.69) is 65.8 Å². The van der Waals surface area contributed by atoms with Crippen molar-refractivity contribution >= 4 is 23.1 Å². The maximum atomic E-state index is 12.8. The fourth-order valence-electron chi connectivity index (χ4n) is 5.42. The average Bonchev–Trinajstić information content (AvgIpc) is 3.60. The fraction of sp³-hybridized carbons (Fsp3) is 0.520. The van der Waals surface area contributed by atoms with Crippen LogP contribution in [0, 0.1) is 11.8 Å². The Morgan fingerprint density at radius 1 is 1.13 bits per heavy atom. The highest BCUT2D eigenvalue weighted by Gasteiger charge is 2.48. The summed E-state index contributed by atoms with van der Waals surface area (Å²) >= 11 is 0. The average molecular weight is 420 g/mol. The van der Waals surface area contributed by atoms with Crippen molar-refractivity contribution in [3.63, 3.8) is 0 Å². The summed E-state index contributed by atoms with van der Waals surface area (Å²) in [5.74, 6) is 1.98. The van der Waals surface area contributed by atoms with Gasteiger partial charge in [0.05, 0.1) is 17.4 Å². The highest BCUT2D eigenvalue weighted by Crippen LogP contribution is 2.49. The number of para-hydroxylation sites is 1. The van der Waals surface area contributed by atoms with Gasteiger partial charge in [0.2, 0.25) is 5.91 Å². The predicted molar refractivity (Wildman–Crippen MR) is 126 cm³/mol. The van der Waals surface area contributed by atoms with Crippen molar-refractivity contribution in [1.29, 1.82) is 0 Å². The van der Waals surface area contributed by atoms with Gasteiger partial charge in [-0.15, -0.1) is 0 Å². The van der Waals surface area contributed by atoms with Crippen LogP contribution < -0.4 is 20.4 Å². The van der Waals surface area contributed by atoms with Crippen molar-refractivity contribution in [3.8, 4) is 0 Å². The number of anilines is 3. The van der Waals surface area contributed by atoms with Crippen LogP contribution in [0.3, 0.4) is 0 Å². The number of rotatable bonds is 4. The maximum absolute atomic E-state index is 12.8. The molecule has 0 radical (unpaired) electrons. The zero-order chi connectivity index (χ0) is 21.5. The first kappa shape index (κ1) is 20.3. The van der Waals surface area contributed by atoms with Gasteiger partial charge in [0, 0.05) is 50.2 Å². The van der Waals surface area contributed by atoms with E-state index in [1.807, 2.05) is 11.0 Å². The number of piperazine rings is 1. The lowest BCUT2D eigenvalue weighted by molar-refractivity contribution is -0.117. The minimum Gasteiger partial charge on any atom is -0.376 e. The molecule has 2 N–H and O–H groups in total. The first-order chi connectivity index (χ1) is 15.0. The van der Waals surface area contributed by atoms with Crippen LogP contribution in [0.25, 0.3) is 0 Å². The Kier molecular flexibility index (Phi) is 5.34. The minimum atomic E-state index is 0.0684. The van der Waals surface area contributed by atoms with Gasteiger partial charge in [0.25, 0.3) is 0 Å². The number of nitrogens with one attached hydrogen (secondary N) is 2. The topological polar surface area (TPSA) is 60.5 Å². The normalized spacial score (nSPS) is 28.2. The van der Waals surface area contributed by atoms with E-state index in [9.17, 15) is 4.79 Å². The molecule has 1 aliphatic carbocycles. The molecule has 2 fully saturated rings. The lowest BCUT2D eigenvalue weighted by Crippen LogP contribution is -2.52. The number of benzene rings is 1. The second-order valence-corrected chi connectivity index (χ2v) is 9.44. The number of nitrogens with zero attached hydrogens (tertiary/aromatic N) is 3. The second kappa shape index (κ2) is 8.15. The van der Waals surface area contributed by atoms with Gasteiger partial charge in [0.15, 0.2) is 0 Å². The molecule has 6 heteroatoms. The van der Waals surface area contributed by atoms with E-state index in [4.69, 9.17) is 4.98 Å². The predicted octanol–water partition coefficient (Wildman–Crippen LogP) is 3.81. The molecule has 1 saturated carbocycles. The Morgan fingerprint density at radius 3 is 2.58 bits per heavy atom. The summed E-state index contributed by atoms with van der Waals surface area (Å²) in [5.41, 5.74) is 3.06. The molecular formula is C25H33N5O. The molecule has 1 saturated heterocycles. The SMILES string of the molecule is CC(=O)N1c2ccc(N3CCNC(C)C3)nc2C(Nc2ccccc2)C(C)C1C1CC1. The van der Waals surface area contributed by atoms with Crippen molar-refractivity contribution in [2.24, 2.45) is 11.8 Å². The molecule has 1 amide bonds. The third-order valence-corrected chi connectivity index (χ3v) is 7.04. The van der Waals surface area contributed by atoms with Gasteiger partial charge in [-0.05, 0) is 49.9 Å². The number of amides is 1. The summed E-state index contributed by atoms with van der Waals surface area (Å²) in [6, 6.07) is 15.3. The third kappa shape index (κ3) is 3.89. The van der Waals surface area contributed by atoms with E-state index in [-0.39, 0.29) is 23.9 Å². The highest BCUT2D eigenvalue weighted by atomic mass is 16.2. The summed E-state index contributed by atoms with van der Waals surface area (Å²) in [4.78, 5) is 22.4. The molecule has 0 spiro atoms. The molecular weight excluding hydrogens is 386 g/mol. The minimum absolute atomic E-state index is 0.0684. The molecule has 0 bridgehead atoms. The highest BCUT2D eigenvalue weighted by molar-refractivity contribution is 5.94. The second-order valence-electron chi connectivity index (χ2n) is 9.44. The van der Waals surface area contributed by atoms with Gasteiger partial charge in [0.1, 0.15) is 5.82 Å². The quantitative estimate of drug-likeness (QED) is 0.789. The molecule has 1 aromatic heterocycles. The largest absolute Gasteiger partial charge is 0.376 e. The Morgan fingerprint density at radius 2 is 1.90 bits per heavy atom. The first-order valence-corrected chi connectivity index (χ1v) is 11.6. The summed E-state index contributed by atoms with van der Waals surface area (Å²) in [6.07, 6.45) is 2.41. The summed E-state index contributed by atoms with van der Waals surface area (Å²) in [5, 5.41) is 7.27. The number of carbonyl (C=O) groups is 1. The van der Waals surface area contributed by atoms with Gasteiger partial charge in [-0.25, -0.2) is 4.98 Å². The monoisotopic (exact) mass is 419 g/mol. The number of aromatic nitrogens is 1. The van der Waals surface area contributed by atoms with E-state index in [1.54, 1.807) is 6.92 Å².